The minimum Gasteiger partial charge on any atom is -0.494 e. The minimum absolute atomic E-state index is 0.0156. The summed E-state index contributed by atoms with van der Waals surface area (Å²) in [6.07, 6.45) is 2.55. The van der Waals surface area contributed by atoms with Crippen LogP contribution in [0.1, 0.15) is 39.4 Å². The van der Waals surface area contributed by atoms with E-state index in [4.69, 9.17) is 14.6 Å². The number of aromatic nitrogens is 1. The predicted molar refractivity (Wildman–Crippen MR) is 123 cm³/mol. The van der Waals surface area contributed by atoms with Crippen LogP contribution in [0, 0.1) is 5.92 Å². The highest BCUT2D eigenvalue weighted by Gasteiger charge is 2.28. The Morgan fingerprint density at radius 3 is 2.59 bits per heavy atom. The number of rotatable bonds is 9. The fourth-order valence-electron chi connectivity index (χ4n) is 3.96. The number of likely N-dealkylation sites (tertiary alicyclic amines) is 1. The van der Waals surface area contributed by atoms with Gasteiger partial charge >= 0.3 is 5.97 Å². The normalized spacial score (nSPS) is 15.0. The molecule has 8 heteroatoms. The number of para-hydroxylation sites is 1. The first kappa shape index (κ1) is 22.2. The molecule has 1 aromatic heterocycles. The molecule has 2 aromatic carbocycles. The largest absolute Gasteiger partial charge is 0.494 e. The average molecular weight is 455 g/mol. The number of carboxylic acid groups (broad SMARTS) is 1. The third kappa shape index (κ3) is 5.08. The van der Waals surface area contributed by atoms with E-state index in [9.17, 15) is 9.59 Å². The maximum absolute atomic E-state index is 13.0. The topological polar surface area (TPSA) is 89.0 Å². The van der Waals surface area contributed by atoms with Crippen molar-refractivity contribution in [1.82, 2.24) is 9.88 Å². The van der Waals surface area contributed by atoms with Crippen molar-refractivity contribution in [2.45, 2.75) is 19.3 Å². The van der Waals surface area contributed by atoms with E-state index in [1.54, 1.807) is 31.4 Å². The van der Waals surface area contributed by atoms with Crippen molar-refractivity contribution in [2.24, 2.45) is 5.92 Å². The SMILES string of the molecule is COc1cccc2sc(C(=O)C3CCN(CCCOc4ccc(C(=O)O)cc4)CC3)nc12. The van der Waals surface area contributed by atoms with E-state index in [1.165, 1.54) is 11.3 Å². The third-order valence-electron chi connectivity index (χ3n) is 5.76. The number of methoxy groups -OCH3 is 1. The molecule has 4 rings (SSSR count). The van der Waals surface area contributed by atoms with E-state index in [0.717, 1.165) is 49.1 Å². The van der Waals surface area contributed by atoms with Crippen LogP contribution in [-0.2, 0) is 0 Å². The van der Waals surface area contributed by atoms with Gasteiger partial charge in [-0.15, -0.1) is 11.3 Å². The molecule has 0 aliphatic carbocycles. The van der Waals surface area contributed by atoms with Gasteiger partial charge in [-0.2, -0.15) is 0 Å². The van der Waals surface area contributed by atoms with Gasteiger partial charge < -0.3 is 19.5 Å². The molecule has 168 valence electrons. The number of fused-ring (bicyclic) bond motifs is 1. The highest BCUT2D eigenvalue weighted by molar-refractivity contribution is 7.20. The Morgan fingerprint density at radius 2 is 1.91 bits per heavy atom. The molecule has 0 radical (unpaired) electrons. The van der Waals surface area contributed by atoms with Crippen molar-refractivity contribution < 1.29 is 24.2 Å². The zero-order valence-electron chi connectivity index (χ0n) is 18.0. The summed E-state index contributed by atoms with van der Waals surface area (Å²) >= 11 is 1.44. The average Bonchev–Trinajstić information content (AvgIpc) is 3.26. The van der Waals surface area contributed by atoms with Gasteiger partial charge in [0.1, 0.15) is 17.0 Å². The van der Waals surface area contributed by atoms with E-state index < -0.39 is 5.97 Å². The molecular formula is C24H26N2O5S. The van der Waals surface area contributed by atoms with Crippen molar-refractivity contribution >= 4 is 33.3 Å². The van der Waals surface area contributed by atoms with Crippen LogP contribution in [0.5, 0.6) is 11.5 Å². The van der Waals surface area contributed by atoms with E-state index in [-0.39, 0.29) is 17.3 Å². The lowest BCUT2D eigenvalue weighted by atomic mass is 9.92. The van der Waals surface area contributed by atoms with Crippen LogP contribution in [0.4, 0.5) is 0 Å². The number of carbonyl (C=O) groups excluding carboxylic acids is 1. The van der Waals surface area contributed by atoms with Gasteiger partial charge in [0.25, 0.3) is 0 Å². The van der Waals surface area contributed by atoms with Crippen molar-refractivity contribution in [3.05, 3.63) is 53.0 Å². The molecule has 0 amide bonds. The predicted octanol–water partition coefficient (Wildman–Crippen LogP) is 4.37. The minimum atomic E-state index is -0.943. The summed E-state index contributed by atoms with van der Waals surface area (Å²) < 4.78 is 12.0. The molecule has 0 saturated carbocycles. The molecule has 1 N–H and O–H groups in total. The van der Waals surface area contributed by atoms with Crippen molar-refractivity contribution in [3.8, 4) is 11.5 Å². The summed E-state index contributed by atoms with van der Waals surface area (Å²) in [7, 11) is 1.62. The first-order valence-electron chi connectivity index (χ1n) is 10.7. The summed E-state index contributed by atoms with van der Waals surface area (Å²) in [5.74, 6) is 0.587. The lowest BCUT2D eigenvalue weighted by Gasteiger charge is -2.30. The maximum Gasteiger partial charge on any atom is 0.335 e. The molecule has 1 aliphatic rings. The molecule has 3 aromatic rings. The van der Waals surface area contributed by atoms with Crippen molar-refractivity contribution in [1.29, 1.82) is 0 Å². The van der Waals surface area contributed by atoms with Gasteiger partial charge in [0.05, 0.1) is 24.0 Å². The Hall–Kier alpha value is -2.97. The first-order chi connectivity index (χ1) is 15.5. The number of thiazole rings is 1. The molecule has 0 spiro atoms. The summed E-state index contributed by atoms with van der Waals surface area (Å²) in [6, 6.07) is 12.2. The number of Topliss-reactive ketones (excluding diaryl/α,β-unsaturated/α-hetero) is 1. The first-order valence-corrected chi connectivity index (χ1v) is 11.5. The molecule has 0 bridgehead atoms. The Kier molecular flexibility index (Phi) is 7.02. The van der Waals surface area contributed by atoms with E-state index in [0.29, 0.717) is 23.1 Å². The number of hydrogen-bond acceptors (Lipinski definition) is 7. The Bertz CT molecular complexity index is 1090. The number of benzene rings is 2. The maximum atomic E-state index is 13.0. The van der Waals surface area contributed by atoms with Crippen LogP contribution in [0.15, 0.2) is 42.5 Å². The molecule has 0 unspecified atom stereocenters. The van der Waals surface area contributed by atoms with E-state index in [1.807, 2.05) is 18.2 Å². The number of ketones is 1. The second-order valence-corrected chi connectivity index (χ2v) is 8.87. The number of nitrogens with zero attached hydrogens (tertiary/aromatic N) is 2. The number of hydrogen-bond donors (Lipinski definition) is 1. The molecule has 2 heterocycles. The third-order valence-corrected chi connectivity index (χ3v) is 6.79. The molecule has 7 nitrogen and oxygen atoms in total. The summed E-state index contributed by atoms with van der Waals surface area (Å²) in [6.45, 7) is 3.25. The quantitative estimate of drug-likeness (QED) is 0.379. The summed E-state index contributed by atoms with van der Waals surface area (Å²) in [4.78, 5) is 30.8. The van der Waals surface area contributed by atoms with Crippen LogP contribution in [-0.4, -0.2) is 60.1 Å². The Morgan fingerprint density at radius 1 is 1.16 bits per heavy atom. The smallest absolute Gasteiger partial charge is 0.335 e. The van der Waals surface area contributed by atoms with Gasteiger partial charge in [-0.1, -0.05) is 6.07 Å². The molecule has 1 aliphatic heterocycles. The number of ether oxygens (including phenoxy) is 2. The zero-order chi connectivity index (χ0) is 22.5. The monoisotopic (exact) mass is 454 g/mol. The molecule has 0 atom stereocenters. The van der Waals surface area contributed by atoms with Gasteiger partial charge in [0, 0.05) is 12.5 Å². The Labute approximate surface area is 190 Å². The van der Waals surface area contributed by atoms with Crippen LogP contribution in [0.3, 0.4) is 0 Å². The molecule has 32 heavy (non-hydrogen) atoms. The van der Waals surface area contributed by atoms with Gasteiger partial charge in [0.2, 0.25) is 0 Å². The molecule has 1 saturated heterocycles. The van der Waals surface area contributed by atoms with Gasteiger partial charge in [-0.25, -0.2) is 9.78 Å². The number of carbonyl (C=O) groups is 2. The number of carboxylic acids is 1. The van der Waals surface area contributed by atoms with Crippen molar-refractivity contribution in [2.75, 3.05) is 33.4 Å². The number of aromatic carboxylic acids is 1. The second kappa shape index (κ2) is 10.1. The molecule has 1 fully saturated rings. The Balaban J connectivity index is 1.22. The second-order valence-electron chi connectivity index (χ2n) is 7.84. The lowest BCUT2D eigenvalue weighted by Crippen LogP contribution is -2.37. The van der Waals surface area contributed by atoms with Gasteiger partial charge in [0.15, 0.2) is 10.8 Å². The number of piperidine rings is 1. The van der Waals surface area contributed by atoms with Crippen LogP contribution >= 0.6 is 11.3 Å². The van der Waals surface area contributed by atoms with Gasteiger partial charge in [-0.3, -0.25) is 4.79 Å². The van der Waals surface area contributed by atoms with E-state index in [2.05, 4.69) is 9.88 Å². The highest BCUT2D eigenvalue weighted by atomic mass is 32.1. The van der Waals surface area contributed by atoms with Crippen LogP contribution in [0.25, 0.3) is 10.2 Å². The van der Waals surface area contributed by atoms with Crippen LogP contribution in [0.2, 0.25) is 0 Å². The standard InChI is InChI=1S/C24H26N2O5S/c1-30-19-4-2-5-20-21(19)25-23(32-20)22(27)16-10-13-26(14-11-16)12-3-15-31-18-8-6-17(7-9-18)24(28)29/h2,4-9,16H,3,10-15H2,1H3,(H,28,29). The van der Waals surface area contributed by atoms with Gasteiger partial charge in [-0.05, 0) is 68.8 Å². The fraction of sp³-hybridized carbons (Fsp3) is 0.375. The molecular weight excluding hydrogens is 428 g/mol. The van der Waals surface area contributed by atoms with Crippen LogP contribution < -0.4 is 9.47 Å². The fourth-order valence-corrected chi connectivity index (χ4v) is 4.96. The van der Waals surface area contributed by atoms with Crippen molar-refractivity contribution in [3.63, 3.8) is 0 Å². The highest BCUT2D eigenvalue weighted by Crippen LogP contribution is 2.32. The summed E-state index contributed by atoms with van der Waals surface area (Å²) in [5, 5.41) is 9.51. The zero-order valence-corrected chi connectivity index (χ0v) is 18.8. The summed E-state index contributed by atoms with van der Waals surface area (Å²) in [5.41, 5.74) is 1.01. The lowest BCUT2D eigenvalue weighted by molar-refractivity contribution is 0.0696. The van der Waals surface area contributed by atoms with E-state index >= 15 is 0 Å².